The summed E-state index contributed by atoms with van der Waals surface area (Å²) in [6.07, 6.45) is 3.28. The molecule has 5 nitrogen and oxygen atoms in total. The van der Waals surface area contributed by atoms with Crippen molar-refractivity contribution in [3.05, 3.63) is 23.9 Å². The molecule has 3 heterocycles. The zero-order valence-electron chi connectivity index (χ0n) is 10.0. The molecule has 3 rings (SSSR count). The molecule has 2 fully saturated rings. The van der Waals surface area contributed by atoms with E-state index >= 15 is 0 Å². The number of carbonyl (C=O) groups is 1. The molecule has 18 heavy (non-hydrogen) atoms. The van der Waals surface area contributed by atoms with Gasteiger partial charge in [0.2, 0.25) is 5.91 Å². The van der Waals surface area contributed by atoms with Gasteiger partial charge in [-0.3, -0.25) is 4.79 Å². The molecule has 0 N–H and O–H groups in total. The maximum absolute atomic E-state index is 11.6. The second-order valence-electron chi connectivity index (χ2n) is 4.74. The molecular weight excluding hydrogens is 228 g/mol. The van der Waals surface area contributed by atoms with E-state index < -0.39 is 0 Å². The molecule has 2 saturated heterocycles. The van der Waals surface area contributed by atoms with Crippen LogP contribution in [0, 0.1) is 11.3 Å². The number of hydrogen-bond donors (Lipinski definition) is 0. The van der Waals surface area contributed by atoms with Crippen LogP contribution < -0.4 is 4.90 Å². The fourth-order valence-corrected chi connectivity index (χ4v) is 2.73. The van der Waals surface area contributed by atoms with Gasteiger partial charge in [0.05, 0.1) is 11.6 Å². The Labute approximate surface area is 106 Å². The van der Waals surface area contributed by atoms with Crippen LogP contribution in [0.15, 0.2) is 18.3 Å². The van der Waals surface area contributed by atoms with Crippen molar-refractivity contribution in [2.24, 2.45) is 0 Å². The van der Waals surface area contributed by atoms with Gasteiger partial charge in [0, 0.05) is 38.3 Å². The van der Waals surface area contributed by atoms with Gasteiger partial charge in [-0.05, 0) is 18.6 Å². The third-order valence-corrected chi connectivity index (χ3v) is 3.69. The molecule has 2 aliphatic heterocycles. The van der Waals surface area contributed by atoms with E-state index in [9.17, 15) is 4.79 Å². The topological polar surface area (TPSA) is 60.2 Å². The van der Waals surface area contributed by atoms with E-state index in [2.05, 4.69) is 16.0 Å². The first-order chi connectivity index (χ1) is 8.78. The number of amides is 1. The van der Waals surface area contributed by atoms with Crippen LogP contribution in [-0.4, -0.2) is 41.5 Å². The summed E-state index contributed by atoms with van der Waals surface area (Å²) in [7, 11) is 0. The second-order valence-corrected chi connectivity index (χ2v) is 4.74. The maximum Gasteiger partial charge on any atom is 0.223 e. The summed E-state index contributed by atoms with van der Waals surface area (Å²) in [6, 6.07) is 5.97. The fourth-order valence-electron chi connectivity index (χ4n) is 2.73. The summed E-state index contributed by atoms with van der Waals surface area (Å²) >= 11 is 0. The highest BCUT2D eigenvalue weighted by Gasteiger charge is 2.35. The number of rotatable bonds is 1. The van der Waals surface area contributed by atoms with Gasteiger partial charge in [0.25, 0.3) is 0 Å². The van der Waals surface area contributed by atoms with Crippen molar-refractivity contribution in [3.63, 3.8) is 0 Å². The number of anilines is 1. The molecule has 92 valence electrons. The van der Waals surface area contributed by atoms with Gasteiger partial charge in [-0.25, -0.2) is 4.98 Å². The highest BCUT2D eigenvalue weighted by molar-refractivity contribution is 5.79. The lowest BCUT2D eigenvalue weighted by Gasteiger charge is -2.38. The smallest absolute Gasteiger partial charge is 0.223 e. The highest BCUT2D eigenvalue weighted by Crippen LogP contribution is 2.25. The molecule has 0 radical (unpaired) electrons. The van der Waals surface area contributed by atoms with Crippen LogP contribution in [-0.2, 0) is 4.79 Å². The lowest BCUT2D eigenvalue weighted by Crippen LogP contribution is -2.51. The van der Waals surface area contributed by atoms with Gasteiger partial charge in [0.1, 0.15) is 5.82 Å². The molecule has 5 heteroatoms. The molecule has 0 bridgehead atoms. The quantitative estimate of drug-likeness (QED) is 0.729. The minimum Gasteiger partial charge on any atom is -0.353 e. The Morgan fingerprint density at radius 1 is 1.44 bits per heavy atom. The summed E-state index contributed by atoms with van der Waals surface area (Å²) in [5.41, 5.74) is 0.630. The summed E-state index contributed by atoms with van der Waals surface area (Å²) < 4.78 is 0. The number of piperazine rings is 1. The van der Waals surface area contributed by atoms with Gasteiger partial charge in [-0.15, -0.1) is 0 Å². The summed E-state index contributed by atoms with van der Waals surface area (Å²) in [5.74, 6) is 1.12. The standard InChI is InChI=1S/C13H14N4O/c14-8-10-3-4-15-12(7-10)16-5-6-17-11(9-16)1-2-13(17)18/h3-4,7,11H,1-2,5-6,9H2. The first kappa shape index (κ1) is 11.0. The largest absolute Gasteiger partial charge is 0.353 e. The van der Waals surface area contributed by atoms with Gasteiger partial charge in [-0.1, -0.05) is 0 Å². The van der Waals surface area contributed by atoms with Crippen molar-refractivity contribution >= 4 is 11.7 Å². The molecule has 1 unspecified atom stereocenters. The van der Waals surface area contributed by atoms with Crippen LogP contribution in [0.5, 0.6) is 0 Å². The van der Waals surface area contributed by atoms with Crippen LogP contribution in [0.4, 0.5) is 5.82 Å². The minimum atomic E-state index is 0.276. The van der Waals surface area contributed by atoms with E-state index in [1.807, 2.05) is 11.0 Å². The fraction of sp³-hybridized carbons (Fsp3) is 0.462. The highest BCUT2D eigenvalue weighted by atomic mass is 16.2. The second kappa shape index (κ2) is 4.30. The molecule has 1 atom stereocenters. The lowest BCUT2D eigenvalue weighted by molar-refractivity contribution is -0.129. The summed E-state index contributed by atoms with van der Waals surface area (Å²) in [6.45, 7) is 2.39. The molecule has 0 aromatic carbocycles. The number of pyridine rings is 1. The number of aromatic nitrogens is 1. The molecule has 1 aromatic rings. The van der Waals surface area contributed by atoms with Crippen molar-refractivity contribution in [1.29, 1.82) is 5.26 Å². The number of fused-ring (bicyclic) bond motifs is 1. The molecule has 0 spiro atoms. The lowest BCUT2D eigenvalue weighted by atomic mass is 10.1. The molecule has 1 aromatic heterocycles. The van der Waals surface area contributed by atoms with E-state index in [1.54, 1.807) is 12.3 Å². The Bertz CT molecular complexity index is 522. The minimum absolute atomic E-state index is 0.276. The van der Waals surface area contributed by atoms with E-state index in [4.69, 9.17) is 5.26 Å². The van der Waals surface area contributed by atoms with E-state index in [-0.39, 0.29) is 5.91 Å². The van der Waals surface area contributed by atoms with Gasteiger partial charge < -0.3 is 9.80 Å². The predicted octanol–water partition coefficient (Wildman–Crippen LogP) is 0.764. The van der Waals surface area contributed by atoms with Crippen LogP contribution in [0.25, 0.3) is 0 Å². The maximum atomic E-state index is 11.6. The number of nitriles is 1. The SMILES string of the molecule is N#Cc1ccnc(N2CCN3C(=O)CCC3C2)c1. The average Bonchev–Trinajstić information content (AvgIpc) is 2.80. The Kier molecular flexibility index (Phi) is 2.63. The molecular formula is C13H14N4O. The van der Waals surface area contributed by atoms with Crippen LogP contribution in [0.3, 0.4) is 0 Å². The normalized spacial score (nSPS) is 22.8. The number of carbonyl (C=O) groups excluding carboxylic acids is 1. The summed E-state index contributed by atoms with van der Waals surface area (Å²) in [5, 5.41) is 8.90. The van der Waals surface area contributed by atoms with Crippen LogP contribution >= 0.6 is 0 Å². The Morgan fingerprint density at radius 3 is 3.17 bits per heavy atom. The molecule has 1 amide bonds. The molecule has 0 aliphatic carbocycles. The van der Waals surface area contributed by atoms with Gasteiger partial charge in [0.15, 0.2) is 0 Å². The van der Waals surface area contributed by atoms with Crippen molar-refractivity contribution in [1.82, 2.24) is 9.88 Å². The van der Waals surface area contributed by atoms with Crippen LogP contribution in [0.1, 0.15) is 18.4 Å². The zero-order valence-corrected chi connectivity index (χ0v) is 10.0. The predicted molar refractivity (Wildman–Crippen MR) is 65.9 cm³/mol. The Hall–Kier alpha value is -2.09. The van der Waals surface area contributed by atoms with E-state index in [0.29, 0.717) is 18.0 Å². The summed E-state index contributed by atoms with van der Waals surface area (Å²) in [4.78, 5) is 20.1. The molecule has 2 aliphatic rings. The molecule has 0 saturated carbocycles. The van der Waals surface area contributed by atoms with Crippen molar-refractivity contribution in [3.8, 4) is 6.07 Å². The third-order valence-electron chi connectivity index (χ3n) is 3.69. The average molecular weight is 242 g/mol. The first-order valence-electron chi connectivity index (χ1n) is 6.18. The Morgan fingerprint density at radius 2 is 2.33 bits per heavy atom. The van der Waals surface area contributed by atoms with E-state index in [0.717, 1.165) is 31.9 Å². The van der Waals surface area contributed by atoms with Crippen molar-refractivity contribution < 1.29 is 4.79 Å². The third kappa shape index (κ3) is 1.80. The Balaban J connectivity index is 1.78. The first-order valence-corrected chi connectivity index (χ1v) is 6.18. The van der Waals surface area contributed by atoms with Crippen molar-refractivity contribution in [2.75, 3.05) is 24.5 Å². The van der Waals surface area contributed by atoms with Gasteiger partial charge >= 0.3 is 0 Å². The van der Waals surface area contributed by atoms with E-state index in [1.165, 1.54) is 0 Å². The number of nitrogens with zero attached hydrogens (tertiary/aromatic N) is 4. The van der Waals surface area contributed by atoms with Gasteiger partial charge in [-0.2, -0.15) is 5.26 Å². The van der Waals surface area contributed by atoms with Crippen molar-refractivity contribution in [2.45, 2.75) is 18.9 Å². The number of hydrogen-bond acceptors (Lipinski definition) is 4. The zero-order chi connectivity index (χ0) is 12.5. The monoisotopic (exact) mass is 242 g/mol. The van der Waals surface area contributed by atoms with Crippen LogP contribution in [0.2, 0.25) is 0 Å².